The zero-order valence-corrected chi connectivity index (χ0v) is 12.1. The van der Waals surface area contributed by atoms with Crippen LogP contribution in [0.15, 0.2) is 59.2 Å². The van der Waals surface area contributed by atoms with E-state index in [9.17, 15) is 4.79 Å². The minimum atomic E-state index is 0.236. The molecule has 0 saturated heterocycles. The van der Waals surface area contributed by atoms with Gasteiger partial charge >= 0.3 is 0 Å². The number of allylic oxidation sites excluding steroid dienone is 4. The molecule has 0 aromatic heterocycles. The molecule has 1 atom stereocenters. The smallest absolute Gasteiger partial charge is 0.150 e. The average molecular weight is 262 g/mol. The standard InChI is InChI=1S/C19H18O/c1-12-8-18(14(3)13(12)2)19-10-16-7-5-4-6-15(16)9-17(19)11-20/h4-11,18H,1-3H3. The summed E-state index contributed by atoms with van der Waals surface area (Å²) >= 11 is 0. The molecule has 0 bridgehead atoms. The summed E-state index contributed by atoms with van der Waals surface area (Å²) in [7, 11) is 0. The van der Waals surface area contributed by atoms with Gasteiger partial charge in [0.05, 0.1) is 0 Å². The van der Waals surface area contributed by atoms with Crippen LogP contribution in [0.2, 0.25) is 0 Å². The highest BCUT2D eigenvalue weighted by Crippen LogP contribution is 2.39. The molecule has 1 aliphatic rings. The maximum absolute atomic E-state index is 11.5. The summed E-state index contributed by atoms with van der Waals surface area (Å²) in [5.74, 6) is 0.236. The van der Waals surface area contributed by atoms with Gasteiger partial charge in [-0.3, -0.25) is 4.79 Å². The fraction of sp³-hybridized carbons (Fsp3) is 0.211. The van der Waals surface area contributed by atoms with Crippen molar-refractivity contribution in [3.63, 3.8) is 0 Å². The Bertz CT molecular complexity index is 762. The van der Waals surface area contributed by atoms with E-state index in [0.29, 0.717) is 0 Å². The van der Waals surface area contributed by atoms with Gasteiger partial charge in [0, 0.05) is 11.5 Å². The molecule has 1 unspecified atom stereocenters. The number of hydrogen-bond donors (Lipinski definition) is 0. The molecule has 20 heavy (non-hydrogen) atoms. The summed E-state index contributed by atoms with van der Waals surface area (Å²) < 4.78 is 0. The van der Waals surface area contributed by atoms with E-state index in [0.717, 1.165) is 22.8 Å². The molecular formula is C19H18O. The molecule has 0 aliphatic heterocycles. The van der Waals surface area contributed by atoms with Crippen molar-refractivity contribution in [2.75, 3.05) is 0 Å². The minimum Gasteiger partial charge on any atom is -0.298 e. The Hall–Kier alpha value is -2.15. The maximum Gasteiger partial charge on any atom is 0.150 e. The molecule has 3 rings (SSSR count). The third kappa shape index (κ3) is 1.90. The largest absolute Gasteiger partial charge is 0.298 e. The molecule has 0 fully saturated rings. The number of rotatable bonds is 2. The van der Waals surface area contributed by atoms with Crippen LogP contribution in [0.25, 0.3) is 10.8 Å². The Morgan fingerprint density at radius 2 is 1.65 bits per heavy atom. The van der Waals surface area contributed by atoms with Crippen LogP contribution < -0.4 is 0 Å². The van der Waals surface area contributed by atoms with Gasteiger partial charge in [0.15, 0.2) is 0 Å². The highest BCUT2D eigenvalue weighted by atomic mass is 16.1. The van der Waals surface area contributed by atoms with Crippen LogP contribution in [-0.4, -0.2) is 6.29 Å². The van der Waals surface area contributed by atoms with Gasteiger partial charge in [-0.2, -0.15) is 0 Å². The Balaban J connectivity index is 2.24. The zero-order valence-electron chi connectivity index (χ0n) is 12.1. The number of benzene rings is 2. The maximum atomic E-state index is 11.5. The van der Waals surface area contributed by atoms with Crippen molar-refractivity contribution in [2.45, 2.75) is 26.7 Å². The van der Waals surface area contributed by atoms with E-state index in [1.807, 2.05) is 18.2 Å². The first kappa shape index (κ1) is 12.9. The average Bonchev–Trinajstić information content (AvgIpc) is 2.73. The van der Waals surface area contributed by atoms with Crippen LogP contribution in [0.1, 0.15) is 42.6 Å². The van der Waals surface area contributed by atoms with Crippen molar-refractivity contribution < 1.29 is 4.79 Å². The number of carbonyl (C=O) groups is 1. The Labute approximate surface area is 119 Å². The second-order valence-corrected chi connectivity index (χ2v) is 5.58. The summed E-state index contributed by atoms with van der Waals surface area (Å²) in [5.41, 5.74) is 5.93. The normalized spacial score (nSPS) is 18.6. The summed E-state index contributed by atoms with van der Waals surface area (Å²) in [6.07, 6.45) is 3.24. The van der Waals surface area contributed by atoms with Crippen molar-refractivity contribution in [3.8, 4) is 0 Å². The third-order valence-electron chi connectivity index (χ3n) is 4.48. The second-order valence-electron chi connectivity index (χ2n) is 5.58. The van der Waals surface area contributed by atoms with Crippen LogP contribution >= 0.6 is 0 Å². The molecule has 2 aromatic rings. The molecule has 1 aliphatic carbocycles. The number of hydrogen-bond acceptors (Lipinski definition) is 1. The highest BCUT2D eigenvalue weighted by Gasteiger charge is 2.22. The summed E-state index contributed by atoms with van der Waals surface area (Å²) in [4.78, 5) is 11.5. The van der Waals surface area contributed by atoms with E-state index >= 15 is 0 Å². The van der Waals surface area contributed by atoms with Crippen LogP contribution in [-0.2, 0) is 0 Å². The lowest BCUT2D eigenvalue weighted by molar-refractivity contribution is 0.112. The molecule has 0 amide bonds. The van der Waals surface area contributed by atoms with Gasteiger partial charge in [-0.05, 0) is 54.8 Å². The number of carbonyl (C=O) groups excluding carboxylic acids is 1. The van der Waals surface area contributed by atoms with Gasteiger partial charge in [0.2, 0.25) is 0 Å². The van der Waals surface area contributed by atoms with Gasteiger partial charge in [-0.15, -0.1) is 0 Å². The first-order valence-electron chi connectivity index (χ1n) is 6.96. The van der Waals surface area contributed by atoms with E-state index in [4.69, 9.17) is 0 Å². The lowest BCUT2D eigenvalue weighted by Crippen LogP contribution is -2.00. The van der Waals surface area contributed by atoms with Crippen LogP contribution in [0, 0.1) is 0 Å². The highest BCUT2D eigenvalue weighted by molar-refractivity contribution is 5.91. The Morgan fingerprint density at radius 1 is 1.00 bits per heavy atom. The van der Waals surface area contributed by atoms with E-state index in [2.05, 4.69) is 45.0 Å². The summed E-state index contributed by atoms with van der Waals surface area (Å²) in [6, 6.07) is 12.4. The quantitative estimate of drug-likeness (QED) is 0.693. The first-order valence-corrected chi connectivity index (χ1v) is 6.96. The monoisotopic (exact) mass is 262 g/mol. The number of aldehydes is 1. The second kappa shape index (κ2) is 4.75. The molecule has 0 radical (unpaired) electrons. The molecule has 1 nitrogen and oxygen atoms in total. The van der Waals surface area contributed by atoms with E-state index in [-0.39, 0.29) is 5.92 Å². The fourth-order valence-corrected chi connectivity index (χ4v) is 3.01. The molecule has 0 saturated carbocycles. The summed E-state index contributed by atoms with van der Waals surface area (Å²) in [5, 5.41) is 2.31. The molecular weight excluding hydrogens is 244 g/mol. The van der Waals surface area contributed by atoms with Crippen LogP contribution in [0.3, 0.4) is 0 Å². The predicted molar refractivity (Wildman–Crippen MR) is 84.2 cm³/mol. The molecule has 100 valence electrons. The van der Waals surface area contributed by atoms with Gasteiger partial charge in [-0.25, -0.2) is 0 Å². The van der Waals surface area contributed by atoms with E-state index < -0.39 is 0 Å². The van der Waals surface area contributed by atoms with Crippen LogP contribution in [0.5, 0.6) is 0 Å². The fourth-order valence-electron chi connectivity index (χ4n) is 3.01. The molecule has 2 aromatic carbocycles. The van der Waals surface area contributed by atoms with Crippen LogP contribution in [0.4, 0.5) is 0 Å². The van der Waals surface area contributed by atoms with Gasteiger partial charge in [0.25, 0.3) is 0 Å². The van der Waals surface area contributed by atoms with Crippen molar-refractivity contribution in [3.05, 3.63) is 70.3 Å². The molecule has 0 spiro atoms. The van der Waals surface area contributed by atoms with Crippen molar-refractivity contribution >= 4 is 17.1 Å². The minimum absolute atomic E-state index is 0.236. The van der Waals surface area contributed by atoms with Crippen molar-refractivity contribution in [2.24, 2.45) is 0 Å². The Morgan fingerprint density at radius 3 is 2.20 bits per heavy atom. The topological polar surface area (TPSA) is 17.1 Å². The third-order valence-corrected chi connectivity index (χ3v) is 4.48. The van der Waals surface area contributed by atoms with Gasteiger partial charge in [0.1, 0.15) is 6.29 Å². The van der Waals surface area contributed by atoms with Crippen molar-refractivity contribution in [1.29, 1.82) is 0 Å². The summed E-state index contributed by atoms with van der Waals surface area (Å²) in [6.45, 7) is 6.46. The van der Waals surface area contributed by atoms with E-state index in [1.54, 1.807) is 0 Å². The predicted octanol–water partition coefficient (Wildman–Crippen LogP) is 5.03. The molecule has 1 heteroatoms. The van der Waals surface area contributed by atoms with Gasteiger partial charge in [-0.1, -0.05) is 41.5 Å². The molecule has 0 N–H and O–H groups in total. The van der Waals surface area contributed by atoms with Gasteiger partial charge < -0.3 is 0 Å². The Kier molecular flexibility index (Phi) is 3.06. The first-order chi connectivity index (χ1) is 9.61. The molecule has 0 heterocycles. The lowest BCUT2D eigenvalue weighted by atomic mass is 9.88. The lowest BCUT2D eigenvalue weighted by Gasteiger charge is -2.15. The number of fused-ring (bicyclic) bond motifs is 1. The SMILES string of the molecule is CC1=CC(c2cc3ccccc3cc2C=O)C(C)=C1C. The van der Waals surface area contributed by atoms with Crippen molar-refractivity contribution in [1.82, 2.24) is 0 Å². The van der Waals surface area contributed by atoms with E-state index in [1.165, 1.54) is 22.1 Å². The zero-order chi connectivity index (χ0) is 14.3.